The normalized spacial score (nSPS) is 19.3. The van der Waals surface area contributed by atoms with Gasteiger partial charge in [-0.25, -0.2) is 4.79 Å². The van der Waals surface area contributed by atoms with Crippen LogP contribution in [0, 0.1) is 0 Å². The molecule has 4 rings (SSSR count). The highest BCUT2D eigenvalue weighted by Crippen LogP contribution is 2.47. The predicted molar refractivity (Wildman–Crippen MR) is 141 cm³/mol. The van der Waals surface area contributed by atoms with E-state index >= 15 is 0 Å². The van der Waals surface area contributed by atoms with Crippen LogP contribution in [0.1, 0.15) is 56.1 Å². The number of rotatable bonds is 10. The minimum absolute atomic E-state index is 0.0209. The molecule has 7 heteroatoms. The van der Waals surface area contributed by atoms with Crippen LogP contribution in [-0.2, 0) is 19.1 Å². The van der Waals surface area contributed by atoms with Crippen molar-refractivity contribution in [2.45, 2.75) is 44.9 Å². The number of hydrogen-bond donors (Lipinski definition) is 1. The summed E-state index contributed by atoms with van der Waals surface area (Å²) in [4.78, 5) is 27.1. The number of Topliss-reactive ketones (excluding diaryl/α,β-unsaturated/α-hetero) is 1. The zero-order valence-corrected chi connectivity index (χ0v) is 22.0. The smallest absolute Gasteiger partial charge is 0.336 e. The number of carbonyl (C=O) groups excluding carboxylic acids is 2. The molecule has 0 amide bonds. The minimum atomic E-state index is -0.579. The first-order valence-corrected chi connectivity index (χ1v) is 12.7. The van der Waals surface area contributed by atoms with Gasteiger partial charge in [-0.15, -0.1) is 0 Å². The Labute approximate surface area is 218 Å². The van der Waals surface area contributed by atoms with Crippen molar-refractivity contribution in [3.8, 4) is 11.5 Å². The van der Waals surface area contributed by atoms with Crippen LogP contribution in [0.5, 0.6) is 11.5 Å². The maximum Gasteiger partial charge on any atom is 0.336 e. The van der Waals surface area contributed by atoms with E-state index in [9.17, 15) is 9.59 Å². The van der Waals surface area contributed by atoms with Crippen LogP contribution in [-0.4, -0.2) is 45.8 Å². The second-order valence-corrected chi connectivity index (χ2v) is 9.32. The molecule has 1 heterocycles. The molecular formula is C30H35NO6. The van der Waals surface area contributed by atoms with Crippen molar-refractivity contribution in [2.24, 2.45) is 0 Å². The second-order valence-electron chi connectivity index (χ2n) is 9.32. The number of dihydropyridines is 1. The Bertz CT molecular complexity index is 1200. The lowest BCUT2D eigenvalue weighted by atomic mass is 9.71. The highest BCUT2D eigenvalue weighted by atomic mass is 16.6. The quantitative estimate of drug-likeness (QED) is 0.358. The molecule has 0 unspecified atom stereocenters. The summed E-state index contributed by atoms with van der Waals surface area (Å²) in [5, 5.41) is 3.39. The number of allylic oxidation sites excluding steroid dienone is 3. The van der Waals surface area contributed by atoms with Crippen molar-refractivity contribution < 1.29 is 28.5 Å². The Morgan fingerprint density at radius 1 is 0.973 bits per heavy atom. The summed E-state index contributed by atoms with van der Waals surface area (Å²) in [6.45, 7) is 4.88. The van der Waals surface area contributed by atoms with E-state index in [4.69, 9.17) is 18.9 Å². The summed E-state index contributed by atoms with van der Waals surface area (Å²) in [6, 6.07) is 15.7. The third-order valence-corrected chi connectivity index (χ3v) is 6.82. The fourth-order valence-electron chi connectivity index (χ4n) is 5.09. The highest BCUT2D eigenvalue weighted by Gasteiger charge is 2.41. The molecule has 37 heavy (non-hydrogen) atoms. The van der Waals surface area contributed by atoms with Crippen molar-refractivity contribution in [1.29, 1.82) is 0 Å². The molecule has 0 saturated carbocycles. The summed E-state index contributed by atoms with van der Waals surface area (Å²) >= 11 is 0. The van der Waals surface area contributed by atoms with E-state index in [1.54, 1.807) is 14.2 Å². The first kappa shape index (κ1) is 26.5. The van der Waals surface area contributed by atoms with Gasteiger partial charge in [0.15, 0.2) is 17.3 Å². The number of carbonyl (C=O) groups is 2. The average molecular weight is 506 g/mol. The zero-order chi connectivity index (χ0) is 26.4. The lowest BCUT2D eigenvalue weighted by Crippen LogP contribution is -2.36. The molecular weight excluding hydrogens is 470 g/mol. The average Bonchev–Trinajstić information content (AvgIpc) is 2.91. The summed E-state index contributed by atoms with van der Waals surface area (Å²) in [7, 11) is 3.14. The van der Waals surface area contributed by atoms with Gasteiger partial charge in [0, 0.05) is 36.4 Å². The molecule has 2 aromatic rings. The molecule has 2 aromatic carbocycles. The van der Waals surface area contributed by atoms with Gasteiger partial charge < -0.3 is 24.3 Å². The van der Waals surface area contributed by atoms with E-state index in [1.165, 1.54) is 0 Å². The van der Waals surface area contributed by atoms with Crippen molar-refractivity contribution in [2.75, 3.05) is 34.0 Å². The molecule has 1 N–H and O–H groups in total. The SMILES string of the molecule is CCCOc1ccc([C@H]2C(C(=O)OCCOC)=C(C)NC3=C2C(=O)C[C@@H](c2ccccc2)C3)cc1OC. The molecule has 0 fully saturated rings. The first-order chi connectivity index (χ1) is 18.0. The van der Waals surface area contributed by atoms with Gasteiger partial charge in [-0.05, 0) is 48.9 Å². The largest absolute Gasteiger partial charge is 0.493 e. The fourth-order valence-corrected chi connectivity index (χ4v) is 5.09. The number of ether oxygens (including phenoxy) is 4. The molecule has 0 aromatic heterocycles. The van der Waals surface area contributed by atoms with Crippen molar-refractivity contribution >= 4 is 11.8 Å². The molecule has 0 saturated heterocycles. The van der Waals surface area contributed by atoms with Gasteiger partial charge >= 0.3 is 5.97 Å². The Hall–Kier alpha value is -3.58. The predicted octanol–water partition coefficient (Wildman–Crippen LogP) is 5.04. The Morgan fingerprint density at radius 3 is 2.46 bits per heavy atom. The van der Waals surface area contributed by atoms with Gasteiger partial charge in [-0.1, -0.05) is 43.3 Å². The second kappa shape index (κ2) is 12.1. The van der Waals surface area contributed by atoms with E-state index in [0.717, 1.165) is 23.2 Å². The van der Waals surface area contributed by atoms with E-state index in [-0.39, 0.29) is 18.3 Å². The number of hydrogen-bond acceptors (Lipinski definition) is 7. The third-order valence-electron chi connectivity index (χ3n) is 6.82. The maximum absolute atomic E-state index is 13.7. The van der Waals surface area contributed by atoms with Crippen LogP contribution in [0.3, 0.4) is 0 Å². The van der Waals surface area contributed by atoms with E-state index in [2.05, 4.69) is 17.4 Å². The third kappa shape index (κ3) is 5.72. The Morgan fingerprint density at radius 2 is 1.76 bits per heavy atom. The van der Waals surface area contributed by atoms with Gasteiger partial charge in [-0.2, -0.15) is 0 Å². The molecule has 1 aliphatic carbocycles. The number of esters is 1. The van der Waals surface area contributed by atoms with Crippen LogP contribution >= 0.6 is 0 Å². The topological polar surface area (TPSA) is 83.1 Å². The number of methoxy groups -OCH3 is 2. The molecule has 2 aliphatic rings. The van der Waals surface area contributed by atoms with Gasteiger partial charge in [0.2, 0.25) is 0 Å². The zero-order valence-electron chi connectivity index (χ0n) is 22.0. The van der Waals surface area contributed by atoms with Crippen molar-refractivity contribution in [3.63, 3.8) is 0 Å². The fraction of sp³-hybridized carbons (Fsp3) is 0.400. The van der Waals surface area contributed by atoms with E-state index < -0.39 is 11.9 Å². The summed E-state index contributed by atoms with van der Waals surface area (Å²) < 4.78 is 22.0. The van der Waals surface area contributed by atoms with Gasteiger partial charge in [0.25, 0.3) is 0 Å². The van der Waals surface area contributed by atoms with Gasteiger partial charge in [-0.3, -0.25) is 4.79 Å². The van der Waals surface area contributed by atoms with Gasteiger partial charge in [0.1, 0.15) is 6.61 Å². The highest BCUT2D eigenvalue weighted by molar-refractivity contribution is 6.04. The molecule has 0 spiro atoms. The van der Waals surface area contributed by atoms with Crippen LogP contribution in [0.4, 0.5) is 0 Å². The van der Waals surface area contributed by atoms with Crippen molar-refractivity contribution in [3.05, 3.63) is 82.2 Å². The minimum Gasteiger partial charge on any atom is -0.493 e. The Kier molecular flexibility index (Phi) is 8.66. The number of nitrogens with one attached hydrogen (secondary N) is 1. The summed E-state index contributed by atoms with van der Waals surface area (Å²) in [5.41, 5.74) is 4.47. The number of ketones is 1. The van der Waals surface area contributed by atoms with Crippen molar-refractivity contribution in [1.82, 2.24) is 5.32 Å². The van der Waals surface area contributed by atoms with Gasteiger partial charge in [0.05, 0.1) is 25.9 Å². The van der Waals surface area contributed by atoms with Crippen LogP contribution in [0.15, 0.2) is 71.1 Å². The van der Waals surface area contributed by atoms with Crippen LogP contribution < -0.4 is 14.8 Å². The number of benzene rings is 2. The first-order valence-electron chi connectivity index (χ1n) is 12.7. The maximum atomic E-state index is 13.7. The van der Waals surface area contributed by atoms with E-state index in [1.807, 2.05) is 50.2 Å². The lowest BCUT2D eigenvalue weighted by Gasteiger charge is -2.36. The Balaban J connectivity index is 1.77. The molecule has 1 aliphatic heterocycles. The van der Waals surface area contributed by atoms with Crippen LogP contribution in [0.25, 0.3) is 0 Å². The monoisotopic (exact) mass is 505 g/mol. The molecule has 7 nitrogen and oxygen atoms in total. The van der Waals surface area contributed by atoms with E-state index in [0.29, 0.717) is 54.4 Å². The van der Waals surface area contributed by atoms with Crippen LogP contribution in [0.2, 0.25) is 0 Å². The summed E-state index contributed by atoms with van der Waals surface area (Å²) in [5.74, 6) is 0.226. The summed E-state index contributed by atoms with van der Waals surface area (Å²) in [6.07, 6.45) is 1.92. The molecule has 0 bridgehead atoms. The molecule has 2 atom stereocenters. The standard InChI is InChI=1S/C30H35NO6/c1-5-13-36-25-12-11-21(18-26(25)35-4)28-27(30(33)37-15-14-34-3)19(2)31-23-16-22(17-24(32)29(23)28)20-9-7-6-8-10-20/h6-12,18,22,28,31H,5,13-17H2,1-4H3/t22-,28-/m0/s1. The molecule has 0 radical (unpaired) electrons. The lowest BCUT2D eigenvalue weighted by molar-refractivity contribution is -0.140. The molecule has 196 valence electrons.